The normalized spacial score (nSPS) is 12.1. The second-order valence-corrected chi connectivity index (χ2v) is 6.90. The Morgan fingerprint density at radius 1 is 1.39 bits per heavy atom. The molecule has 0 saturated carbocycles. The standard InChI is InChI=1S/C14H14N6OS2/c1-9(12(21)17-13-16-6-7-22-13)23-14-19-18-11(20(14)2)10-4-3-5-15-8-10/h3-9H,1-2H3,(H,16,17,21). The lowest BCUT2D eigenvalue weighted by atomic mass is 10.3. The lowest BCUT2D eigenvalue weighted by Crippen LogP contribution is -2.22. The van der Waals surface area contributed by atoms with E-state index in [1.54, 1.807) is 18.6 Å². The summed E-state index contributed by atoms with van der Waals surface area (Å²) in [5.41, 5.74) is 0.884. The average molecular weight is 346 g/mol. The number of carbonyl (C=O) groups excluding carboxylic acids is 1. The van der Waals surface area contributed by atoms with Crippen LogP contribution < -0.4 is 5.32 Å². The third-order valence-electron chi connectivity index (χ3n) is 3.07. The van der Waals surface area contributed by atoms with Crippen LogP contribution in [-0.2, 0) is 11.8 Å². The number of amides is 1. The van der Waals surface area contributed by atoms with Crippen LogP contribution in [0.3, 0.4) is 0 Å². The Bertz CT molecular complexity index is 787. The summed E-state index contributed by atoms with van der Waals surface area (Å²) in [6.45, 7) is 1.83. The maximum Gasteiger partial charge on any atom is 0.239 e. The molecule has 9 heteroatoms. The zero-order chi connectivity index (χ0) is 16.2. The van der Waals surface area contributed by atoms with Gasteiger partial charge in [0, 0.05) is 36.6 Å². The van der Waals surface area contributed by atoms with Gasteiger partial charge in [0.1, 0.15) is 0 Å². The Morgan fingerprint density at radius 2 is 2.26 bits per heavy atom. The van der Waals surface area contributed by atoms with Crippen LogP contribution in [0.15, 0.2) is 41.3 Å². The van der Waals surface area contributed by atoms with Crippen LogP contribution in [0.2, 0.25) is 0 Å². The highest BCUT2D eigenvalue weighted by Gasteiger charge is 2.20. The molecule has 0 aromatic carbocycles. The summed E-state index contributed by atoms with van der Waals surface area (Å²) in [5.74, 6) is 0.601. The van der Waals surface area contributed by atoms with E-state index in [0.29, 0.717) is 16.1 Å². The first-order chi connectivity index (χ1) is 11.1. The molecule has 3 aromatic rings. The van der Waals surface area contributed by atoms with Crippen molar-refractivity contribution in [1.29, 1.82) is 0 Å². The number of anilines is 1. The van der Waals surface area contributed by atoms with Gasteiger partial charge in [0.15, 0.2) is 16.1 Å². The van der Waals surface area contributed by atoms with Gasteiger partial charge in [-0.25, -0.2) is 4.98 Å². The molecule has 118 valence electrons. The van der Waals surface area contributed by atoms with Gasteiger partial charge in [0.05, 0.1) is 5.25 Å². The molecule has 1 N–H and O–H groups in total. The van der Waals surface area contributed by atoms with E-state index in [1.807, 2.05) is 36.1 Å². The number of nitrogens with one attached hydrogen (secondary N) is 1. The summed E-state index contributed by atoms with van der Waals surface area (Å²) in [6.07, 6.45) is 5.10. The highest BCUT2D eigenvalue weighted by atomic mass is 32.2. The summed E-state index contributed by atoms with van der Waals surface area (Å²) in [5, 5.41) is 13.9. The number of thiazole rings is 1. The molecule has 0 aliphatic heterocycles. The number of nitrogens with zero attached hydrogens (tertiary/aromatic N) is 5. The summed E-state index contributed by atoms with van der Waals surface area (Å²) in [4.78, 5) is 20.3. The van der Waals surface area contributed by atoms with Gasteiger partial charge in [-0.15, -0.1) is 21.5 Å². The molecular formula is C14H14N6OS2. The first-order valence-corrected chi connectivity index (χ1v) is 8.58. The fourth-order valence-electron chi connectivity index (χ4n) is 1.87. The number of carbonyl (C=O) groups is 1. The van der Waals surface area contributed by atoms with Gasteiger partial charge in [-0.2, -0.15) is 0 Å². The molecule has 0 saturated heterocycles. The predicted octanol–water partition coefficient (Wildman–Crippen LogP) is 2.45. The van der Waals surface area contributed by atoms with Crippen molar-refractivity contribution in [2.75, 3.05) is 5.32 Å². The van der Waals surface area contributed by atoms with Gasteiger partial charge < -0.3 is 9.88 Å². The zero-order valence-electron chi connectivity index (χ0n) is 12.5. The van der Waals surface area contributed by atoms with E-state index >= 15 is 0 Å². The Morgan fingerprint density at radius 3 is 2.96 bits per heavy atom. The Balaban J connectivity index is 1.71. The minimum Gasteiger partial charge on any atom is -0.305 e. The SMILES string of the molecule is CC(Sc1nnc(-c2cccnc2)n1C)C(=O)Nc1nccs1. The van der Waals surface area contributed by atoms with Crippen LogP contribution in [0.1, 0.15) is 6.92 Å². The minimum atomic E-state index is -0.316. The van der Waals surface area contributed by atoms with Gasteiger partial charge in [0.2, 0.25) is 5.91 Å². The molecule has 0 aliphatic carbocycles. The van der Waals surface area contributed by atoms with Gasteiger partial charge in [-0.05, 0) is 19.1 Å². The molecule has 3 heterocycles. The fourth-order valence-corrected chi connectivity index (χ4v) is 3.21. The Kier molecular flexibility index (Phi) is 4.68. The van der Waals surface area contributed by atoms with Crippen molar-refractivity contribution in [1.82, 2.24) is 24.7 Å². The quantitative estimate of drug-likeness (QED) is 0.714. The lowest BCUT2D eigenvalue weighted by molar-refractivity contribution is -0.115. The molecule has 0 fully saturated rings. The first-order valence-electron chi connectivity index (χ1n) is 6.82. The monoisotopic (exact) mass is 346 g/mol. The summed E-state index contributed by atoms with van der Waals surface area (Å²) >= 11 is 2.74. The van der Waals surface area contributed by atoms with Crippen LogP contribution in [0.5, 0.6) is 0 Å². The van der Waals surface area contributed by atoms with E-state index in [4.69, 9.17) is 0 Å². The van der Waals surface area contributed by atoms with Crippen LogP contribution >= 0.6 is 23.1 Å². The third-order valence-corrected chi connectivity index (χ3v) is 4.89. The molecule has 0 aliphatic rings. The largest absolute Gasteiger partial charge is 0.305 e. The number of thioether (sulfide) groups is 1. The molecular weight excluding hydrogens is 332 g/mol. The van der Waals surface area contributed by atoms with Gasteiger partial charge in [-0.3, -0.25) is 9.78 Å². The fraction of sp³-hybridized carbons (Fsp3) is 0.214. The Hall–Kier alpha value is -2.26. The highest BCUT2D eigenvalue weighted by molar-refractivity contribution is 8.00. The number of hydrogen-bond acceptors (Lipinski definition) is 7. The topological polar surface area (TPSA) is 85.6 Å². The average Bonchev–Trinajstić information content (AvgIpc) is 3.19. The summed E-state index contributed by atoms with van der Waals surface area (Å²) < 4.78 is 1.86. The number of rotatable bonds is 5. The van der Waals surface area contributed by atoms with Crippen LogP contribution in [0, 0.1) is 0 Å². The lowest BCUT2D eigenvalue weighted by Gasteiger charge is -2.10. The molecule has 0 bridgehead atoms. The highest BCUT2D eigenvalue weighted by Crippen LogP contribution is 2.26. The van der Waals surface area contributed by atoms with E-state index in [2.05, 4.69) is 25.5 Å². The number of pyridine rings is 1. The van der Waals surface area contributed by atoms with E-state index < -0.39 is 0 Å². The molecule has 1 unspecified atom stereocenters. The van der Waals surface area contributed by atoms with Crippen molar-refractivity contribution in [2.24, 2.45) is 7.05 Å². The van der Waals surface area contributed by atoms with Gasteiger partial charge in [-0.1, -0.05) is 11.8 Å². The second kappa shape index (κ2) is 6.88. The minimum absolute atomic E-state index is 0.115. The van der Waals surface area contributed by atoms with E-state index in [-0.39, 0.29) is 11.2 Å². The molecule has 0 radical (unpaired) electrons. The maximum absolute atomic E-state index is 12.2. The number of hydrogen-bond donors (Lipinski definition) is 1. The predicted molar refractivity (Wildman–Crippen MR) is 90.3 cm³/mol. The molecule has 7 nitrogen and oxygen atoms in total. The van der Waals surface area contributed by atoms with Crippen LogP contribution in [0.4, 0.5) is 5.13 Å². The van der Waals surface area contributed by atoms with Crippen molar-refractivity contribution in [3.63, 3.8) is 0 Å². The van der Waals surface area contributed by atoms with Crippen molar-refractivity contribution in [3.05, 3.63) is 36.1 Å². The van der Waals surface area contributed by atoms with Crippen molar-refractivity contribution >= 4 is 34.1 Å². The van der Waals surface area contributed by atoms with E-state index in [1.165, 1.54) is 23.1 Å². The molecule has 0 spiro atoms. The van der Waals surface area contributed by atoms with Crippen LogP contribution in [-0.4, -0.2) is 35.9 Å². The van der Waals surface area contributed by atoms with E-state index in [9.17, 15) is 4.79 Å². The molecule has 1 atom stereocenters. The molecule has 23 heavy (non-hydrogen) atoms. The Labute approximate surface area is 141 Å². The smallest absolute Gasteiger partial charge is 0.239 e. The second-order valence-electron chi connectivity index (χ2n) is 4.69. The van der Waals surface area contributed by atoms with Crippen LogP contribution in [0.25, 0.3) is 11.4 Å². The summed E-state index contributed by atoms with van der Waals surface area (Å²) in [7, 11) is 1.87. The summed E-state index contributed by atoms with van der Waals surface area (Å²) in [6, 6.07) is 3.77. The first kappa shape index (κ1) is 15.6. The van der Waals surface area contributed by atoms with Crippen molar-refractivity contribution in [3.8, 4) is 11.4 Å². The van der Waals surface area contributed by atoms with Gasteiger partial charge in [0.25, 0.3) is 0 Å². The maximum atomic E-state index is 12.2. The van der Waals surface area contributed by atoms with E-state index in [0.717, 1.165) is 5.56 Å². The van der Waals surface area contributed by atoms with Crippen molar-refractivity contribution < 1.29 is 4.79 Å². The van der Waals surface area contributed by atoms with Gasteiger partial charge >= 0.3 is 0 Å². The van der Waals surface area contributed by atoms with Crippen molar-refractivity contribution in [2.45, 2.75) is 17.3 Å². The zero-order valence-corrected chi connectivity index (χ0v) is 14.1. The molecule has 3 rings (SSSR count). The molecule has 1 amide bonds. The third kappa shape index (κ3) is 3.57. The molecule has 3 aromatic heterocycles. The number of aromatic nitrogens is 5.